The lowest BCUT2D eigenvalue weighted by Gasteiger charge is -2.20. The van der Waals surface area contributed by atoms with E-state index in [1.54, 1.807) is 11.9 Å². The van der Waals surface area contributed by atoms with Crippen molar-refractivity contribution in [1.82, 2.24) is 14.5 Å². The van der Waals surface area contributed by atoms with E-state index in [0.29, 0.717) is 13.0 Å². The fourth-order valence-electron chi connectivity index (χ4n) is 3.56. The van der Waals surface area contributed by atoms with Crippen LogP contribution in [0.2, 0.25) is 0 Å². The molecule has 0 saturated carbocycles. The number of rotatable bonds is 11. The molecule has 0 aliphatic carbocycles. The average molecular weight is 618 g/mol. The molecule has 0 spiro atoms. The minimum atomic E-state index is -5.08. The Balaban J connectivity index is 0.000000782. The smallest absolute Gasteiger partial charge is 0.490 e. The zero-order chi connectivity index (χ0) is 31.7. The number of carbonyl (C=O) groups excluding carboxylic acids is 1. The van der Waals surface area contributed by atoms with E-state index in [2.05, 4.69) is 10.3 Å². The number of aliphatic imine (C=N–C) groups is 1. The number of ether oxygens (including phenoxy) is 1. The Bertz CT molecular complexity index is 1420. The number of likely N-dealkylation sites (N-methyl/N-ethyl adjacent to an activating group) is 1. The standard InChI is InChI=1S/C23H29N5O6S.C2HF3O2/c1-26(14-10-17-4-6-18(7-5-17)23-24-12-13-25-23)22(29)11-15-27(2)35(32,33)21-9-8-19(34-3)16-20(21)28(30)31;3-2(4,5)1(6)7/h4-9,16H,10-15H2,1-3H3,(H,24,25);(H,6,7). The number of nitro groups is 1. The second-order valence-corrected chi connectivity index (χ2v) is 10.9. The minimum Gasteiger partial charge on any atom is -0.497 e. The van der Waals surface area contributed by atoms with Crippen molar-refractivity contribution in [2.24, 2.45) is 4.99 Å². The molecule has 2 N–H and O–H groups in total. The fraction of sp³-hybridized carbons (Fsp3) is 0.400. The molecule has 1 amide bonds. The number of carboxylic acids is 1. The number of sulfonamides is 1. The number of hydrogen-bond donors (Lipinski definition) is 2. The molecule has 42 heavy (non-hydrogen) atoms. The summed E-state index contributed by atoms with van der Waals surface area (Å²) in [5.74, 6) is -1.92. The number of alkyl halides is 3. The van der Waals surface area contributed by atoms with Crippen molar-refractivity contribution in [2.45, 2.75) is 23.9 Å². The van der Waals surface area contributed by atoms with E-state index in [0.717, 1.165) is 46.5 Å². The van der Waals surface area contributed by atoms with Gasteiger partial charge in [-0.1, -0.05) is 24.3 Å². The fourth-order valence-corrected chi connectivity index (χ4v) is 4.86. The van der Waals surface area contributed by atoms with Crippen LogP contribution in [-0.4, -0.2) is 98.9 Å². The van der Waals surface area contributed by atoms with Gasteiger partial charge in [0, 0.05) is 45.7 Å². The summed E-state index contributed by atoms with van der Waals surface area (Å²) in [6, 6.07) is 11.5. The van der Waals surface area contributed by atoms with E-state index >= 15 is 0 Å². The summed E-state index contributed by atoms with van der Waals surface area (Å²) in [6.45, 7) is 1.98. The Morgan fingerprint density at radius 1 is 1.14 bits per heavy atom. The van der Waals surface area contributed by atoms with Gasteiger partial charge in [-0.3, -0.25) is 19.9 Å². The SMILES string of the molecule is COc1ccc(S(=O)(=O)N(C)CCC(=O)N(C)CCc2ccc(C3=NCCN3)cc2)c([N+](=O)[O-])c1.O=C(O)C(F)(F)F. The van der Waals surface area contributed by atoms with Crippen molar-refractivity contribution in [2.75, 3.05) is 47.4 Å². The lowest BCUT2D eigenvalue weighted by molar-refractivity contribution is -0.387. The molecule has 3 rings (SSSR count). The second-order valence-electron chi connectivity index (χ2n) is 8.89. The average Bonchev–Trinajstić information content (AvgIpc) is 3.49. The van der Waals surface area contributed by atoms with Gasteiger partial charge in [-0.2, -0.15) is 13.2 Å². The second kappa shape index (κ2) is 14.6. The summed E-state index contributed by atoms with van der Waals surface area (Å²) in [4.78, 5) is 37.6. The number of nitro benzene ring substituents is 1. The topological polar surface area (TPSA) is 172 Å². The van der Waals surface area contributed by atoms with Crippen LogP contribution < -0.4 is 10.1 Å². The van der Waals surface area contributed by atoms with E-state index in [1.807, 2.05) is 24.3 Å². The summed E-state index contributed by atoms with van der Waals surface area (Å²) in [7, 11) is 0.113. The number of carboxylic acid groups (broad SMARTS) is 1. The predicted octanol–water partition coefficient (Wildman–Crippen LogP) is 2.30. The van der Waals surface area contributed by atoms with Gasteiger partial charge in [0.1, 0.15) is 11.6 Å². The van der Waals surface area contributed by atoms with Crippen molar-refractivity contribution in [3.63, 3.8) is 0 Å². The van der Waals surface area contributed by atoms with Crippen molar-refractivity contribution < 1.29 is 45.9 Å². The maximum Gasteiger partial charge on any atom is 0.490 e. The number of amides is 1. The molecule has 0 fully saturated rings. The first-order valence-corrected chi connectivity index (χ1v) is 13.7. The lowest BCUT2D eigenvalue weighted by Crippen LogP contribution is -2.34. The molecule has 0 atom stereocenters. The number of benzene rings is 2. The zero-order valence-electron chi connectivity index (χ0n) is 22.9. The molecule has 1 aliphatic heterocycles. The monoisotopic (exact) mass is 617 g/mol. The van der Waals surface area contributed by atoms with Crippen LogP contribution in [0.5, 0.6) is 5.75 Å². The van der Waals surface area contributed by atoms with Crippen LogP contribution in [0.1, 0.15) is 17.5 Å². The van der Waals surface area contributed by atoms with Gasteiger partial charge >= 0.3 is 12.1 Å². The molecule has 13 nitrogen and oxygen atoms in total. The third-order valence-electron chi connectivity index (χ3n) is 6.00. The minimum absolute atomic E-state index is 0.0549. The number of amidine groups is 1. The maximum atomic E-state index is 12.9. The third-order valence-corrected chi connectivity index (χ3v) is 7.90. The number of aliphatic carboxylic acids is 1. The van der Waals surface area contributed by atoms with Gasteiger partial charge in [-0.05, 0) is 24.1 Å². The van der Waals surface area contributed by atoms with Gasteiger partial charge in [0.25, 0.3) is 5.69 Å². The van der Waals surface area contributed by atoms with Crippen LogP contribution in [0, 0.1) is 10.1 Å². The Labute approximate surface area is 239 Å². The summed E-state index contributed by atoms with van der Waals surface area (Å²) < 4.78 is 63.5. The normalized spacial score (nSPS) is 13.0. The van der Waals surface area contributed by atoms with Gasteiger partial charge in [0.05, 0.1) is 24.6 Å². The quantitative estimate of drug-likeness (QED) is 0.284. The molecule has 2 aromatic rings. The highest BCUT2D eigenvalue weighted by Crippen LogP contribution is 2.30. The highest BCUT2D eigenvalue weighted by atomic mass is 32.2. The van der Waals surface area contributed by atoms with Gasteiger partial charge in [-0.15, -0.1) is 0 Å². The van der Waals surface area contributed by atoms with Crippen molar-refractivity contribution in [1.29, 1.82) is 0 Å². The molecule has 17 heteroatoms. The third kappa shape index (κ3) is 9.41. The number of hydrogen-bond acceptors (Lipinski definition) is 9. The van der Waals surface area contributed by atoms with E-state index < -0.39 is 37.7 Å². The lowest BCUT2D eigenvalue weighted by atomic mass is 10.1. The molecular formula is C25H30F3N5O8S. The van der Waals surface area contributed by atoms with Gasteiger partial charge in [0.2, 0.25) is 15.9 Å². The largest absolute Gasteiger partial charge is 0.497 e. The zero-order valence-corrected chi connectivity index (χ0v) is 23.7. The summed E-state index contributed by atoms with van der Waals surface area (Å²) in [5, 5.41) is 21.7. The molecule has 2 aromatic carbocycles. The molecule has 1 heterocycles. The van der Waals surface area contributed by atoms with Crippen LogP contribution >= 0.6 is 0 Å². The number of halogens is 3. The van der Waals surface area contributed by atoms with Crippen LogP contribution in [0.3, 0.4) is 0 Å². The van der Waals surface area contributed by atoms with Crippen molar-refractivity contribution in [3.8, 4) is 5.75 Å². The highest BCUT2D eigenvalue weighted by Gasteiger charge is 2.38. The first-order valence-electron chi connectivity index (χ1n) is 12.3. The first kappa shape index (κ1) is 34.0. The predicted molar refractivity (Wildman–Crippen MR) is 145 cm³/mol. The van der Waals surface area contributed by atoms with Gasteiger partial charge in [0.15, 0.2) is 4.90 Å². The number of nitrogens with zero attached hydrogens (tertiary/aromatic N) is 4. The van der Waals surface area contributed by atoms with Gasteiger partial charge in [-0.25, -0.2) is 17.5 Å². The molecule has 230 valence electrons. The Hall–Kier alpha value is -4.25. The molecule has 1 aliphatic rings. The molecular weight excluding hydrogens is 587 g/mol. The van der Waals surface area contributed by atoms with Crippen molar-refractivity contribution in [3.05, 3.63) is 63.7 Å². The van der Waals surface area contributed by atoms with E-state index in [9.17, 15) is 36.5 Å². The van der Waals surface area contributed by atoms with Crippen LogP contribution in [0.15, 0.2) is 52.4 Å². The summed E-state index contributed by atoms with van der Waals surface area (Å²) >= 11 is 0. The van der Waals surface area contributed by atoms with Crippen LogP contribution in [-0.2, 0) is 26.0 Å². The molecule has 0 unspecified atom stereocenters. The van der Waals surface area contributed by atoms with E-state index in [-0.39, 0.29) is 24.6 Å². The summed E-state index contributed by atoms with van der Waals surface area (Å²) in [5.41, 5.74) is 1.51. The first-order chi connectivity index (χ1) is 19.6. The van der Waals surface area contributed by atoms with Crippen molar-refractivity contribution >= 4 is 33.4 Å². The highest BCUT2D eigenvalue weighted by molar-refractivity contribution is 7.89. The number of nitrogens with one attached hydrogen (secondary N) is 1. The Kier molecular flexibility index (Phi) is 11.8. The van der Waals surface area contributed by atoms with E-state index in [4.69, 9.17) is 14.6 Å². The van der Waals surface area contributed by atoms with Gasteiger partial charge < -0.3 is 20.1 Å². The molecule has 0 radical (unpaired) electrons. The Morgan fingerprint density at radius 3 is 2.26 bits per heavy atom. The van der Waals surface area contributed by atoms with Crippen LogP contribution in [0.4, 0.5) is 18.9 Å². The summed E-state index contributed by atoms with van der Waals surface area (Å²) in [6.07, 6.45) is -4.49. The molecule has 0 saturated heterocycles. The van der Waals surface area contributed by atoms with Crippen LogP contribution in [0.25, 0.3) is 0 Å². The van der Waals surface area contributed by atoms with E-state index in [1.165, 1.54) is 20.2 Å². The molecule has 0 aromatic heterocycles. The number of methoxy groups -OCH3 is 1. The maximum absolute atomic E-state index is 12.9. The number of carbonyl (C=O) groups is 2. The molecule has 0 bridgehead atoms. The Morgan fingerprint density at radius 2 is 1.76 bits per heavy atom.